The molecule has 0 aliphatic carbocycles. The van der Waals surface area contributed by atoms with Crippen LogP contribution in [-0.4, -0.2) is 40.4 Å². The summed E-state index contributed by atoms with van der Waals surface area (Å²) in [5.74, 6) is -0.0840. The summed E-state index contributed by atoms with van der Waals surface area (Å²) in [6.07, 6.45) is 8.63. The number of rotatable bonds is 7. The van der Waals surface area contributed by atoms with E-state index in [4.69, 9.17) is 19.4 Å². The molecule has 4 rings (SSSR count). The number of allylic oxidation sites excluding steroid dienone is 2. The Morgan fingerprint density at radius 3 is 1.49 bits per heavy atom. The number of benzene rings is 2. The van der Waals surface area contributed by atoms with Gasteiger partial charge in [0.05, 0.1) is 25.6 Å². The number of nitrogens with zero attached hydrogens (tertiary/aromatic N) is 2. The first-order valence-corrected chi connectivity index (χ1v) is 12.0. The van der Waals surface area contributed by atoms with Gasteiger partial charge in [-0.1, -0.05) is 37.1 Å². The van der Waals surface area contributed by atoms with Gasteiger partial charge in [-0.05, 0) is 31.2 Å². The maximum Gasteiger partial charge on any atom is 3.00 e. The van der Waals surface area contributed by atoms with E-state index in [2.05, 4.69) is 35.3 Å². The van der Waals surface area contributed by atoms with Crippen molar-refractivity contribution in [1.82, 2.24) is 9.97 Å². The molecule has 0 aliphatic heterocycles. The summed E-state index contributed by atoms with van der Waals surface area (Å²) in [5, 5.41) is 27.3. The van der Waals surface area contributed by atoms with Crippen LogP contribution in [0.2, 0.25) is 0 Å². The van der Waals surface area contributed by atoms with Crippen LogP contribution in [0.4, 0.5) is 0 Å². The minimum atomic E-state index is -1.08. The average molecular weight is 597 g/mol. The molecule has 0 aliphatic rings. The van der Waals surface area contributed by atoms with Gasteiger partial charge in [0.25, 0.3) is 0 Å². The Bertz CT molecular complexity index is 1220. The summed E-state index contributed by atoms with van der Waals surface area (Å²) in [7, 11) is 3.03. The second-order valence-electron chi connectivity index (χ2n) is 7.76. The Hall–Kier alpha value is -4.59. The standard InChI is InChI=1S/C10H8N2.2C10H11O2.C2H4O2.Mn/c1-3-7-11-9(5-1)10-6-2-4-8-12-10;2*1-3-4-8-5-6-9(11)10(7-8)12-2;1-2(3)4;/h1-8H;2*3,5,7,11H,1,4H2,2H3;1H3,(H,3,4);/q;2*-1;;+3/p-1. The molecule has 2 N–H and O–H groups in total. The summed E-state index contributed by atoms with van der Waals surface area (Å²) >= 11 is 0. The number of phenols is 2. The third-order valence-corrected chi connectivity index (χ3v) is 4.68. The van der Waals surface area contributed by atoms with Crippen LogP contribution >= 0.6 is 0 Å². The Kier molecular flexibility index (Phi) is 18.9. The van der Waals surface area contributed by atoms with E-state index in [0.717, 1.165) is 42.3 Å². The van der Waals surface area contributed by atoms with E-state index in [1.54, 1.807) is 48.8 Å². The third kappa shape index (κ3) is 15.0. The molecule has 214 valence electrons. The number of methoxy groups -OCH3 is 2. The molecule has 0 amide bonds. The van der Waals surface area contributed by atoms with Gasteiger partial charge in [0.2, 0.25) is 0 Å². The molecule has 2 aromatic heterocycles. The normalized spacial score (nSPS) is 8.95. The number of aromatic nitrogens is 2. The molecule has 0 bridgehead atoms. The van der Waals surface area contributed by atoms with E-state index in [1.807, 2.05) is 36.4 Å². The molecule has 4 aromatic rings. The van der Waals surface area contributed by atoms with Gasteiger partial charge in [0.15, 0.2) is 0 Å². The number of hydrogen-bond acceptors (Lipinski definition) is 8. The van der Waals surface area contributed by atoms with Crippen molar-refractivity contribution in [2.24, 2.45) is 0 Å². The van der Waals surface area contributed by atoms with Gasteiger partial charge in [-0.15, -0.1) is 48.6 Å². The van der Waals surface area contributed by atoms with Crippen molar-refractivity contribution in [3.63, 3.8) is 0 Å². The van der Waals surface area contributed by atoms with E-state index < -0.39 is 5.97 Å². The molecule has 8 nitrogen and oxygen atoms in total. The van der Waals surface area contributed by atoms with Crippen LogP contribution in [0.25, 0.3) is 11.4 Å². The SMILES string of the molecule is C=CCc1c[c-]c(O)c(OC)c1.C=CCc1c[c-]c(O)c(OC)c1.CC(=O)[O-].[Mn+3].c1ccc(-c2ccccn2)nc1. The van der Waals surface area contributed by atoms with Crippen LogP contribution in [0.3, 0.4) is 0 Å². The molecule has 0 spiro atoms. The predicted octanol–water partition coefficient (Wildman–Crippen LogP) is 4.76. The molecule has 0 atom stereocenters. The van der Waals surface area contributed by atoms with Crippen LogP contribution in [0, 0.1) is 12.1 Å². The zero-order valence-corrected chi connectivity index (χ0v) is 24.4. The zero-order chi connectivity index (χ0) is 29.8. The smallest absolute Gasteiger partial charge is 0.551 e. The molecule has 41 heavy (non-hydrogen) atoms. The van der Waals surface area contributed by atoms with Crippen molar-refractivity contribution in [3.05, 3.63) is 122 Å². The molecule has 0 saturated carbocycles. The van der Waals surface area contributed by atoms with Crippen LogP contribution in [0.5, 0.6) is 23.0 Å². The largest absolute Gasteiger partial charge is 3.00 e. The Balaban J connectivity index is 0.000000543. The van der Waals surface area contributed by atoms with Crippen molar-refractivity contribution in [3.8, 4) is 34.4 Å². The maximum absolute atomic E-state index is 9.20. The number of phenolic OH excluding ortho intramolecular Hbond substituents is 2. The van der Waals surface area contributed by atoms with Crippen LogP contribution in [-0.2, 0) is 34.7 Å². The van der Waals surface area contributed by atoms with E-state index in [0.29, 0.717) is 11.5 Å². The van der Waals surface area contributed by atoms with Gasteiger partial charge in [-0.25, -0.2) is 0 Å². The number of carboxylic acid groups (broad SMARTS) is 1. The summed E-state index contributed by atoms with van der Waals surface area (Å²) in [6, 6.07) is 24.0. The van der Waals surface area contributed by atoms with Gasteiger partial charge in [0.1, 0.15) is 0 Å². The average Bonchev–Trinajstić information content (AvgIpc) is 2.97. The van der Waals surface area contributed by atoms with E-state index in [1.165, 1.54) is 14.2 Å². The monoisotopic (exact) mass is 596 g/mol. The second kappa shape index (κ2) is 21.3. The predicted molar refractivity (Wildman–Crippen MR) is 153 cm³/mol. The topological polar surface area (TPSA) is 125 Å². The minimum Gasteiger partial charge on any atom is -0.551 e. The summed E-state index contributed by atoms with van der Waals surface area (Å²) < 4.78 is 9.83. The Morgan fingerprint density at radius 1 is 0.854 bits per heavy atom. The molecule has 0 radical (unpaired) electrons. The Morgan fingerprint density at radius 2 is 1.22 bits per heavy atom. The van der Waals surface area contributed by atoms with Crippen molar-refractivity contribution in [1.29, 1.82) is 0 Å². The molecule has 0 unspecified atom stereocenters. The van der Waals surface area contributed by atoms with Gasteiger partial charge < -0.3 is 29.6 Å². The zero-order valence-electron chi connectivity index (χ0n) is 23.2. The number of aliphatic carboxylic acids is 1. The number of carbonyl (C=O) groups excluding carboxylic acids is 1. The molecule has 9 heteroatoms. The first-order chi connectivity index (χ1) is 19.2. The summed E-state index contributed by atoms with van der Waals surface area (Å²) in [4.78, 5) is 17.3. The van der Waals surface area contributed by atoms with Crippen LogP contribution < -0.4 is 14.6 Å². The van der Waals surface area contributed by atoms with E-state index in [9.17, 15) is 10.2 Å². The molecule has 0 fully saturated rings. The number of aromatic hydroxyl groups is 2. The number of pyridine rings is 2. The number of carboxylic acids is 1. The van der Waals surface area contributed by atoms with Crippen molar-refractivity contribution < 1.29 is 46.7 Å². The van der Waals surface area contributed by atoms with E-state index in [-0.39, 0.29) is 28.6 Å². The van der Waals surface area contributed by atoms with Gasteiger partial charge >= 0.3 is 17.1 Å². The van der Waals surface area contributed by atoms with Gasteiger partial charge in [-0.2, -0.15) is 12.1 Å². The number of hydrogen-bond donors (Lipinski definition) is 2. The maximum atomic E-state index is 9.20. The molecule has 2 aromatic carbocycles. The van der Waals surface area contributed by atoms with E-state index >= 15 is 0 Å². The van der Waals surface area contributed by atoms with Crippen LogP contribution in [0.15, 0.2) is 98.4 Å². The number of carbonyl (C=O) groups is 1. The first-order valence-electron chi connectivity index (χ1n) is 12.0. The fourth-order valence-corrected chi connectivity index (χ4v) is 2.93. The molecule has 2 heterocycles. The summed E-state index contributed by atoms with van der Waals surface area (Å²) in [5.41, 5.74) is 3.88. The van der Waals surface area contributed by atoms with Crippen molar-refractivity contribution in [2.75, 3.05) is 14.2 Å². The second-order valence-corrected chi connectivity index (χ2v) is 7.76. The molecular weight excluding hydrogens is 563 g/mol. The van der Waals surface area contributed by atoms with Crippen molar-refractivity contribution >= 4 is 5.97 Å². The fraction of sp³-hybridized carbons (Fsp3) is 0.156. The first kappa shape index (κ1) is 36.4. The van der Waals surface area contributed by atoms with Crippen molar-refractivity contribution in [2.45, 2.75) is 19.8 Å². The Labute approximate surface area is 252 Å². The van der Waals surface area contributed by atoms with Gasteiger partial charge in [-0.3, -0.25) is 9.97 Å². The third-order valence-electron chi connectivity index (χ3n) is 4.68. The molecular formula is C32H33MnN2O6. The quantitative estimate of drug-likeness (QED) is 0.178. The minimum absolute atomic E-state index is 0. The molecule has 0 saturated heterocycles. The number of ether oxygens (including phenoxy) is 2. The van der Waals surface area contributed by atoms with Gasteiger partial charge in [0, 0.05) is 41.4 Å². The fourth-order valence-electron chi connectivity index (χ4n) is 2.93. The summed E-state index contributed by atoms with van der Waals surface area (Å²) in [6.45, 7) is 8.21. The van der Waals surface area contributed by atoms with Crippen LogP contribution in [0.1, 0.15) is 18.1 Å².